The van der Waals surface area contributed by atoms with E-state index in [0.717, 1.165) is 6.26 Å². The molecule has 2 aromatic rings. The second-order valence-electron chi connectivity index (χ2n) is 6.17. The number of rotatable bonds is 7. The summed E-state index contributed by atoms with van der Waals surface area (Å²) in [5.74, 6) is -1.27. The van der Waals surface area contributed by atoms with Crippen molar-refractivity contribution in [3.63, 3.8) is 0 Å². The van der Waals surface area contributed by atoms with Crippen LogP contribution in [0.5, 0.6) is 0 Å². The van der Waals surface area contributed by atoms with Crippen molar-refractivity contribution in [3.8, 4) is 0 Å². The van der Waals surface area contributed by atoms with Crippen molar-refractivity contribution in [2.75, 3.05) is 12.8 Å². The zero-order valence-electron chi connectivity index (χ0n) is 15.6. The molecule has 29 heavy (non-hydrogen) atoms. The molecule has 0 saturated carbocycles. The molecule has 0 spiro atoms. The molecule has 3 N–H and O–H groups in total. The number of hydrogen-bond acceptors (Lipinski definition) is 5. The van der Waals surface area contributed by atoms with Crippen LogP contribution in [0.25, 0.3) is 0 Å². The molecule has 0 unspecified atom stereocenters. The van der Waals surface area contributed by atoms with Gasteiger partial charge in [-0.25, -0.2) is 8.42 Å². The van der Waals surface area contributed by atoms with E-state index in [1.54, 1.807) is 24.3 Å². The second-order valence-corrected chi connectivity index (χ2v) is 8.62. The Morgan fingerprint density at radius 1 is 0.862 bits per heavy atom. The van der Waals surface area contributed by atoms with E-state index in [1.165, 1.54) is 24.3 Å². The molecule has 10 heteroatoms. The first-order chi connectivity index (χ1) is 13.7. The predicted octanol–water partition coefficient (Wildman–Crippen LogP) is 1.71. The van der Waals surface area contributed by atoms with Crippen LogP contribution in [-0.4, -0.2) is 38.9 Å². The molecule has 0 radical (unpaired) electrons. The fourth-order valence-corrected chi connectivity index (χ4v) is 3.03. The molecule has 8 nitrogen and oxygen atoms in total. The highest BCUT2D eigenvalue weighted by molar-refractivity contribution is 7.90. The van der Waals surface area contributed by atoms with Gasteiger partial charge >= 0.3 is 0 Å². The van der Waals surface area contributed by atoms with Gasteiger partial charge in [0.25, 0.3) is 11.8 Å². The van der Waals surface area contributed by atoms with Gasteiger partial charge in [0.1, 0.15) is 0 Å². The molecule has 2 rings (SSSR count). The van der Waals surface area contributed by atoms with Gasteiger partial charge in [0, 0.05) is 35.4 Å². The van der Waals surface area contributed by atoms with Gasteiger partial charge in [-0.15, -0.1) is 0 Å². The Kier molecular flexibility index (Phi) is 7.74. The van der Waals surface area contributed by atoms with Gasteiger partial charge in [0.15, 0.2) is 9.84 Å². The van der Waals surface area contributed by atoms with Crippen molar-refractivity contribution in [2.45, 2.75) is 17.7 Å². The van der Waals surface area contributed by atoms with E-state index in [4.69, 9.17) is 11.6 Å². The van der Waals surface area contributed by atoms with Gasteiger partial charge in [0.2, 0.25) is 5.91 Å². The summed E-state index contributed by atoms with van der Waals surface area (Å²) in [6, 6.07) is 11.8. The first-order valence-electron chi connectivity index (χ1n) is 8.60. The zero-order valence-corrected chi connectivity index (χ0v) is 17.1. The van der Waals surface area contributed by atoms with Crippen molar-refractivity contribution in [1.82, 2.24) is 16.2 Å². The average molecular weight is 438 g/mol. The largest absolute Gasteiger partial charge is 0.352 e. The van der Waals surface area contributed by atoms with Crippen LogP contribution in [0.15, 0.2) is 53.4 Å². The number of amides is 3. The molecular weight excluding hydrogens is 418 g/mol. The van der Waals surface area contributed by atoms with E-state index in [0.29, 0.717) is 17.0 Å². The van der Waals surface area contributed by atoms with Crippen molar-refractivity contribution in [2.24, 2.45) is 0 Å². The van der Waals surface area contributed by atoms with Crippen LogP contribution >= 0.6 is 11.6 Å². The number of nitrogens with one attached hydrogen (secondary N) is 3. The molecule has 0 aliphatic carbocycles. The van der Waals surface area contributed by atoms with Crippen molar-refractivity contribution < 1.29 is 22.8 Å². The highest BCUT2D eigenvalue weighted by Gasteiger charge is 2.11. The Morgan fingerprint density at radius 3 is 2.00 bits per heavy atom. The van der Waals surface area contributed by atoms with Gasteiger partial charge in [-0.2, -0.15) is 0 Å². The maximum atomic E-state index is 12.0. The molecule has 0 atom stereocenters. The Morgan fingerprint density at radius 2 is 1.41 bits per heavy atom. The second kappa shape index (κ2) is 10.0. The molecule has 2 aromatic carbocycles. The molecular formula is C19H20ClN3O5S. The van der Waals surface area contributed by atoms with Crippen LogP contribution in [0.3, 0.4) is 0 Å². The third-order valence-electron chi connectivity index (χ3n) is 3.83. The van der Waals surface area contributed by atoms with Crippen LogP contribution in [0.4, 0.5) is 0 Å². The van der Waals surface area contributed by atoms with Crippen LogP contribution in [0, 0.1) is 0 Å². The van der Waals surface area contributed by atoms with Gasteiger partial charge < -0.3 is 5.32 Å². The normalized spacial score (nSPS) is 10.8. The molecule has 0 aliphatic heterocycles. The molecule has 0 heterocycles. The lowest BCUT2D eigenvalue weighted by molar-refractivity contribution is -0.121. The van der Waals surface area contributed by atoms with Crippen molar-refractivity contribution in [1.29, 1.82) is 0 Å². The summed E-state index contributed by atoms with van der Waals surface area (Å²) in [6.07, 6.45) is 1.54. The van der Waals surface area contributed by atoms with E-state index >= 15 is 0 Å². The number of benzene rings is 2. The van der Waals surface area contributed by atoms with Crippen LogP contribution in [0.1, 0.15) is 33.6 Å². The lowest BCUT2D eigenvalue weighted by atomic mass is 10.2. The Bertz CT molecular complexity index is 990. The Labute approximate surface area is 173 Å². The van der Waals surface area contributed by atoms with Crippen LogP contribution in [-0.2, 0) is 14.6 Å². The Balaban J connectivity index is 1.69. The molecule has 0 aliphatic rings. The maximum Gasteiger partial charge on any atom is 0.269 e. The highest BCUT2D eigenvalue weighted by Crippen LogP contribution is 2.10. The van der Waals surface area contributed by atoms with Gasteiger partial charge in [-0.1, -0.05) is 11.6 Å². The number of sulfone groups is 1. The highest BCUT2D eigenvalue weighted by atomic mass is 35.5. The van der Waals surface area contributed by atoms with E-state index in [9.17, 15) is 22.8 Å². The number of halogens is 1. The third-order valence-corrected chi connectivity index (χ3v) is 5.21. The first-order valence-corrected chi connectivity index (χ1v) is 10.9. The summed E-state index contributed by atoms with van der Waals surface area (Å²) in [6.45, 7) is 0.287. The van der Waals surface area contributed by atoms with Crippen LogP contribution in [0.2, 0.25) is 5.02 Å². The minimum Gasteiger partial charge on any atom is -0.352 e. The number of carbonyl (C=O) groups excluding carboxylic acids is 3. The predicted molar refractivity (Wildman–Crippen MR) is 108 cm³/mol. The van der Waals surface area contributed by atoms with Gasteiger partial charge in [0.05, 0.1) is 4.90 Å². The lowest BCUT2D eigenvalue weighted by Gasteiger charge is -2.08. The van der Waals surface area contributed by atoms with E-state index in [2.05, 4.69) is 16.2 Å². The standard InChI is InChI=1S/C19H20ClN3O5S/c1-29(27,28)16-10-6-14(7-11-16)19(26)23-22-17(24)3-2-12-21-18(25)13-4-8-15(20)9-5-13/h4-11H,2-3,12H2,1H3,(H,21,25)(H,22,24)(H,23,26). The molecule has 154 valence electrons. The number of carbonyl (C=O) groups is 3. The van der Waals surface area contributed by atoms with E-state index in [-0.39, 0.29) is 29.3 Å². The molecule has 0 fully saturated rings. The Hall–Kier alpha value is -2.91. The van der Waals surface area contributed by atoms with Crippen molar-refractivity contribution in [3.05, 3.63) is 64.7 Å². The number of hydrogen-bond donors (Lipinski definition) is 3. The summed E-state index contributed by atoms with van der Waals surface area (Å²) in [5, 5.41) is 3.22. The number of hydrazine groups is 1. The summed E-state index contributed by atoms with van der Waals surface area (Å²) in [4.78, 5) is 35.8. The maximum absolute atomic E-state index is 12.0. The lowest BCUT2D eigenvalue weighted by Crippen LogP contribution is -2.41. The van der Waals surface area contributed by atoms with Gasteiger partial charge in [-0.05, 0) is 55.0 Å². The summed E-state index contributed by atoms with van der Waals surface area (Å²) >= 11 is 5.76. The molecule has 0 bridgehead atoms. The topological polar surface area (TPSA) is 121 Å². The zero-order chi connectivity index (χ0) is 21.4. The summed E-state index contributed by atoms with van der Waals surface area (Å²) in [5.41, 5.74) is 5.19. The van der Waals surface area contributed by atoms with Crippen LogP contribution < -0.4 is 16.2 Å². The molecule has 3 amide bonds. The monoisotopic (exact) mass is 437 g/mol. The van der Waals surface area contributed by atoms with E-state index < -0.39 is 21.7 Å². The molecule has 0 saturated heterocycles. The SMILES string of the molecule is CS(=O)(=O)c1ccc(C(=O)NNC(=O)CCCNC(=O)c2ccc(Cl)cc2)cc1. The summed E-state index contributed by atoms with van der Waals surface area (Å²) < 4.78 is 22.8. The fourth-order valence-electron chi connectivity index (χ4n) is 2.27. The first kappa shape index (κ1) is 22.4. The van der Waals surface area contributed by atoms with Gasteiger partial charge in [-0.3, -0.25) is 25.2 Å². The van der Waals surface area contributed by atoms with Crippen molar-refractivity contribution >= 4 is 39.2 Å². The smallest absolute Gasteiger partial charge is 0.269 e. The van der Waals surface area contributed by atoms with E-state index in [1.807, 2.05) is 0 Å². The molecule has 0 aromatic heterocycles. The quantitative estimate of drug-likeness (QED) is 0.449. The average Bonchev–Trinajstić information content (AvgIpc) is 2.69. The minimum absolute atomic E-state index is 0.0915. The minimum atomic E-state index is -3.35. The third kappa shape index (κ3) is 7.20. The summed E-state index contributed by atoms with van der Waals surface area (Å²) in [7, 11) is -3.35. The fraction of sp³-hybridized carbons (Fsp3) is 0.211.